The Kier molecular flexibility index (Phi) is 4.12. The second kappa shape index (κ2) is 5.63. The molecule has 19 heavy (non-hydrogen) atoms. The molecule has 1 saturated heterocycles. The lowest BCUT2D eigenvalue weighted by atomic mass is 10.0. The first-order valence-electron chi connectivity index (χ1n) is 7.06. The molecule has 1 aromatic rings. The van der Waals surface area contributed by atoms with E-state index in [1.165, 1.54) is 0 Å². The molecule has 0 saturated carbocycles. The predicted octanol–water partition coefficient (Wildman–Crippen LogP) is 2.80. The first-order chi connectivity index (χ1) is 9.04. The van der Waals surface area contributed by atoms with Crippen LogP contribution in [0.1, 0.15) is 56.7 Å². The van der Waals surface area contributed by atoms with E-state index < -0.39 is 0 Å². The number of aromatic nitrogens is 1. The minimum Gasteiger partial charge on any atom is -0.361 e. The van der Waals surface area contributed by atoms with Gasteiger partial charge in [-0.2, -0.15) is 0 Å². The Balaban J connectivity index is 2.23. The van der Waals surface area contributed by atoms with Crippen LogP contribution in [0.25, 0.3) is 0 Å². The number of amides is 2. The van der Waals surface area contributed by atoms with E-state index >= 15 is 0 Å². The number of likely N-dealkylation sites (tertiary alicyclic amines) is 1. The zero-order valence-electron chi connectivity index (χ0n) is 12.2. The summed E-state index contributed by atoms with van der Waals surface area (Å²) in [4.78, 5) is 14.2. The average molecular weight is 265 g/mol. The van der Waals surface area contributed by atoms with E-state index in [9.17, 15) is 4.79 Å². The van der Waals surface area contributed by atoms with Crippen molar-refractivity contribution < 1.29 is 9.32 Å². The van der Waals surface area contributed by atoms with Crippen LogP contribution in [0, 0.1) is 6.92 Å². The lowest BCUT2D eigenvalue weighted by Crippen LogP contribution is -2.42. The number of hydrogen-bond donors (Lipinski definition) is 1. The number of carbonyl (C=O) groups is 1. The molecule has 5 nitrogen and oxygen atoms in total. The Bertz CT molecular complexity index is 454. The van der Waals surface area contributed by atoms with Gasteiger partial charge in [0, 0.05) is 24.6 Å². The molecule has 1 aliphatic heterocycles. The molecule has 1 fully saturated rings. The highest BCUT2D eigenvalue weighted by Gasteiger charge is 2.34. The normalized spacial score (nSPS) is 19.2. The second-order valence-electron chi connectivity index (χ2n) is 5.41. The van der Waals surface area contributed by atoms with Crippen LogP contribution in [0.4, 0.5) is 4.79 Å². The predicted molar refractivity (Wildman–Crippen MR) is 73.0 cm³/mol. The van der Waals surface area contributed by atoms with Gasteiger partial charge in [-0.1, -0.05) is 12.1 Å². The highest BCUT2D eigenvalue weighted by atomic mass is 16.5. The lowest BCUT2D eigenvalue weighted by Gasteiger charge is -2.26. The van der Waals surface area contributed by atoms with Crippen molar-refractivity contribution in [2.75, 3.05) is 6.54 Å². The van der Waals surface area contributed by atoms with E-state index in [0.29, 0.717) is 0 Å². The number of urea groups is 1. The van der Waals surface area contributed by atoms with E-state index in [1.54, 1.807) is 0 Å². The summed E-state index contributed by atoms with van der Waals surface area (Å²) in [5.41, 5.74) is 2.02. The van der Waals surface area contributed by atoms with Gasteiger partial charge in [-0.05, 0) is 33.6 Å². The molecule has 0 unspecified atom stereocenters. The van der Waals surface area contributed by atoms with Gasteiger partial charge in [0.15, 0.2) is 0 Å². The third kappa shape index (κ3) is 2.74. The van der Waals surface area contributed by atoms with Crippen molar-refractivity contribution in [3.8, 4) is 0 Å². The number of carbonyl (C=O) groups excluding carboxylic acids is 1. The van der Waals surface area contributed by atoms with Crippen molar-refractivity contribution >= 4 is 6.03 Å². The summed E-state index contributed by atoms with van der Waals surface area (Å²) in [6.07, 6.45) is 2.83. The Morgan fingerprint density at radius 1 is 1.58 bits per heavy atom. The molecule has 0 aromatic carbocycles. The molecule has 1 aliphatic rings. The summed E-state index contributed by atoms with van der Waals surface area (Å²) in [6, 6.07) is 0.281. The second-order valence-corrected chi connectivity index (χ2v) is 5.41. The number of rotatable bonds is 3. The van der Waals surface area contributed by atoms with E-state index in [2.05, 4.69) is 17.4 Å². The van der Waals surface area contributed by atoms with Crippen LogP contribution in [0.2, 0.25) is 0 Å². The van der Waals surface area contributed by atoms with Gasteiger partial charge in [0.25, 0.3) is 0 Å². The number of hydrogen-bond acceptors (Lipinski definition) is 3. The van der Waals surface area contributed by atoms with Gasteiger partial charge in [-0.15, -0.1) is 0 Å². The molecule has 1 N–H and O–H groups in total. The van der Waals surface area contributed by atoms with Crippen molar-refractivity contribution in [1.82, 2.24) is 15.4 Å². The molecule has 5 heteroatoms. The Morgan fingerprint density at radius 2 is 2.32 bits per heavy atom. The molecule has 0 bridgehead atoms. The van der Waals surface area contributed by atoms with Crippen LogP contribution in [-0.2, 0) is 6.42 Å². The standard InChI is InChI=1S/C14H23N3O2/c1-5-12-13(10(4)16-19-12)11-7-6-8-17(11)14(18)15-9(2)3/h9,11H,5-8H2,1-4H3,(H,15,18)/t11-/m0/s1. The van der Waals surface area contributed by atoms with Crippen LogP contribution >= 0.6 is 0 Å². The molecular weight excluding hydrogens is 242 g/mol. The Hall–Kier alpha value is -1.52. The molecule has 2 rings (SSSR count). The summed E-state index contributed by atoms with van der Waals surface area (Å²) in [5, 5.41) is 7.02. The molecular formula is C14H23N3O2. The SMILES string of the molecule is CCc1onc(C)c1[C@@H]1CCCN1C(=O)NC(C)C. The fourth-order valence-electron chi connectivity index (χ4n) is 2.75. The van der Waals surface area contributed by atoms with Gasteiger partial charge < -0.3 is 14.7 Å². The molecule has 106 valence electrons. The van der Waals surface area contributed by atoms with Crippen LogP contribution < -0.4 is 5.32 Å². The third-order valence-corrected chi connectivity index (χ3v) is 3.56. The first-order valence-corrected chi connectivity index (χ1v) is 7.06. The Morgan fingerprint density at radius 3 is 2.95 bits per heavy atom. The summed E-state index contributed by atoms with van der Waals surface area (Å²) >= 11 is 0. The van der Waals surface area contributed by atoms with E-state index in [0.717, 1.165) is 42.8 Å². The molecule has 0 spiro atoms. The zero-order chi connectivity index (χ0) is 14.0. The van der Waals surface area contributed by atoms with E-state index in [1.807, 2.05) is 25.7 Å². The fourth-order valence-corrected chi connectivity index (χ4v) is 2.75. The van der Waals surface area contributed by atoms with Crippen molar-refractivity contribution in [1.29, 1.82) is 0 Å². The van der Waals surface area contributed by atoms with Gasteiger partial charge in [0.05, 0.1) is 11.7 Å². The smallest absolute Gasteiger partial charge is 0.318 e. The van der Waals surface area contributed by atoms with E-state index in [-0.39, 0.29) is 18.1 Å². The van der Waals surface area contributed by atoms with Gasteiger partial charge in [0.2, 0.25) is 0 Å². The number of aryl methyl sites for hydroxylation is 2. The monoisotopic (exact) mass is 265 g/mol. The lowest BCUT2D eigenvalue weighted by molar-refractivity contribution is 0.190. The maximum Gasteiger partial charge on any atom is 0.318 e. The maximum atomic E-state index is 12.2. The van der Waals surface area contributed by atoms with Crippen molar-refractivity contribution in [3.05, 3.63) is 17.0 Å². The highest BCUT2D eigenvalue weighted by molar-refractivity contribution is 5.75. The van der Waals surface area contributed by atoms with Crippen LogP contribution in [0.15, 0.2) is 4.52 Å². The third-order valence-electron chi connectivity index (χ3n) is 3.56. The van der Waals surface area contributed by atoms with Crippen LogP contribution in [0.5, 0.6) is 0 Å². The zero-order valence-corrected chi connectivity index (χ0v) is 12.2. The van der Waals surface area contributed by atoms with Crippen molar-refractivity contribution in [2.45, 2.75) is 59.0 Å². The largest absolute Gasteiger partial charge is 0.361 e. The van der Waals surface area contributed by atoms with E-state index in [4.69, 9.17) is 4.52 Å². The summed E-state index contributed by atoms with van der Waals surface area (Å²) in [7, 11) is 0. The molecule has 0 aliphatic carbocycles. The minimum absolute atomic E-state index is 0.0140. The minimum atomic E-state index is 0.0140. The number of nitrogens with one attached hydrogen (secondary N) is 1. The molecule has 1 aromatic heterocycles. The summed E-state index contributed by atoms with van der Waals surface area (Å²) in [5.74, 6) is 0.909. The van der Waals surface area contributed by atoms with Crippen LogP contribution in [0.3, 0.4) is 0 Å². The quantitative estimate of drug-likeness (QED) is 0.914. The summed E-state index contributed by atoms with van der Waals surface area (Å²) in [6.45, 7) is 8.76. The Labute approximate surface area is 114 Å². The average Bonchev–Trinajstić information content (AvgIpc) is 2.93. The molecule has 2 amide bonds. The summed E-state index contributed by atoms with van der Waals surface area (Å²) < 4.78 is 5.36. The van der Waals surface area contributed by atoms with Crippen molar-refractivity contribution in [3.63, 3.8) is 0 Å². The molecule has 1 atom stereocenters. The van der Waals surface area contributed by atoms with Crippen molar-refractivity contribution in [2.24, 2.45) is 0 Å². The van der Waals surface area contributed by atoms with Gasteiger partial charge in [0.1, 0.15) is 5.76 Å². The topological polar surface area (TPSA) is 58.4 Å². The highest BCUT2D eigenvalue weighted by Crippen LogP contribution is 2.35. The first kappa shape index (κ1) is 13.9. The van der Waals surface area contributed by atoms with Gasteiger partial charge in [-0.3, -0.25) is 0 Å². The van der Waals surface area contributed by atoms with Gasteiger partial charge >= 0.3 is 6.03 Å². The maximum absolute atomic E-state index is 12.2. The molecule has 0 radical (unpaired) electrons. The number of nitrogens with zero attached hydrogens (tertiary/aromatic N) is 2. The van der Waals surface area contributed by atoms with Crippen LogP contribution in [-0.4, -0.2) is 28.7 Å². The fraction of sp³-hybridized carbons (Fsp3) is 0.714. The van der Waals surface area contributed by atoms with Gasteiger partial charge in [-0.25, -0.2) is 4.79 Å². The molecule has 2 heterocycles.